The summed E-state index contributed by atoms with van der Waals surface area (Å²) in [7, 11) is 2.00. The molecule has 0 atom stereocenters. The zero-order valence-corrected chi connectivity index (χ0v) is 12.6. The number of benzene rings is 1. The van der Waals surface area contributed by atoms with Crippen LogP contribution in [0.2, 0.25) is 0 Å². The van der Waals surface area contributed by atoms with Gasteiger partial charge in [-0.15, -0.1) is 0 Å². The zero-order valence-electron chi connectivity index (χ0n) is 12.6. The Labute approximate surface area is 121 Å². The van der Waals surface area contributed by atoms with Crippen LogP contribution in [0.5, 0.6) is 0 Å². The molecule has 0 spiro atoms. The minimum absolute atomic E-state index is 0.715. The molecular formula is C16H24N4. The van der Waals surface area contributed by atoms with Gasteiger partial charge in [0.1, 0.15) is 0 Å². The summed E-state index contributed by atoms with van der Waals surface area (Å²) in [5, 5.41) is 4.43. The normalized spacial score (nSPS) is 10.8. The summed E-state index contributed by atoms with van der Waals surface area (Å²) in [6.45, 7) is 6.72. The average Bonchev–Trinajstić information content (AvgIpc) is 2.73. The highest BCUT2D eigenvalue weighted by Crippen LogP contribution is 2.22. The largest absolute Gasteiger partial charge is 0.365 e. The van der Waals surface area contributed by atoms with Crippen LogP contribution in [0.1, 0.15) is 23.4 Å². The molecule has 1 heterocycles. The van der Waals surface area contributed by atoms with Gasteiger partial charge in [0.15, 0.2) is 0 Å². The molecule has 0 aliphatic heterocycles. The number of para-hydroxylation sites is 1. The minimum Gasteiger partial charge on any atom is -0.365 e. The van der Waals surface area contributed by atoms with Gasteiger partial charge in [0.25, 0.3) is 0 Å². The molecule has 0 aliphatic rings. The molecule has 2 rings (SSSR count). The molecule has 0 radical (unpaired) electrons. The molecule has 2 aromatic rings. The highest BCUT2D eigenvalue weighted by atomic mass is 15.3. The summed E-state index contributed by atoms with van der Waals surface area (Å²) in [4.78, 5) is 2.39. The third-order valence-corrected chi connectivity index (χ3v) is 3.54. The molecule has 0 saturated carbocycles. The van der Waals surface area contributed by atoms with Crippen molar-refractivity contribution in [3.8, 4) is 0 Å². The lowest BCUT2D eigenvalue weighted by molar-refractivity contribution is 0.662. The van der Waals surface area contributed by atoms with Gasteiger partial charge in [-0.3, -0.25) is 4.68 Å². The van der Waals surface area contributed by atoms with Crippen LogP contribution in [0, 0.1) is 13.8 Å². The van der Waals surface area contributed by atoms with Gasteiger partial charge >= 0.3 is 0 Å². The van der Waals surface area contributed by atoms with Crippen LogP contribution in [0.15, 0.2) is 30.3 Å². The van der Waals surface area contributed by atoms with Crippen LogP contribution in [-0.4, -0.2) is 22.9 Å². The van der Waals surface area contributed by atoms with Gasteiger partial charge in [0.2, 0.25) is 0 Å². The maximum absolute atomic E-state index is 5.68. The Balaban J connectivity index is 2.24. The molecule has 2 N–H and O–H groups in total. The summed E-state index contributed by atoms with van der Waals surface area (Å²) in [6, 6.07) is 10.6. The van der Waals surface area contributed by atoms with E-state index < -0.39 is 0 Å². The first kappa shape index (κ1) is 14.6. The standard InChI is InChI=1S/C16H24N4/c1-13-7-4-5-8-16(13)20(10-6-9-17)12-15-11-14(2)18-19(15)3/h4-5,7-8,11H,6,9-10,12,17H2,1-3H3. The number of anilines is 1. The number of rotatable bonds is 6. The summed E-state index contributed by atoms with van der Waals surface area (Å²) in [5.41, 5.74) is 10.5. The second kappa shape index (κ2) is 6.57. The molecule has 0 unspecified atom stereocenters. The molecule has 4 nitrogen and oxygen atoms in total. The maximum Gasteiger partial charge on any atom is 0.0599 e. The smallest absolute Gasteiger partial charge is 0.0599 e. The molecule has 1 aromatic carbocycles. The Morgan fingerprint density at radius 1 is 1.25 bits per heavy atom. The first-order valence-corrected chi connectivity index (χ1v) is 7.12. The Morgan fingerprint density at radius 3 is 2.60 bits per heavy atom. The van der Waals surface area contributed by atoms with E-state index in [4.69, 9.17) is 5.73 Å². The minimum atomic E-state index is 0.715. The lowest BCUT2D eigenvalue weighted by Gasteiger charge is -2.26. The summed E-state index contributed by atoms with van der Waals surface area (Å²) < 4.78 is 1.96. The van der Waals surface area contributed by atoms with Crippen LogP contribution in [-0.2, 0) is 13.6 Å². The molecule has 0 bridgehead atoms. The molecular weight excluding hydrogens is 248 g/mol. The molecule has 4 heteroatoms. The van der Waals surface area contributed by atoms with Gasteiger partial charge in [-0.25, -0.2) is 0 Å². The van der Waals surface area contributed by atoms with E-state index in [0.29, 0.717) is 6.54 Å². The van der Waals surface area contributed by atoms with Gasteiger partial charge in [-0.2, -0.15) is 5.10 Å². The Morgan fingerprint density at radius 2 is 2.00 bits per heavy atom. The van der Waals surface area contributed by atoms with E-state index in [1.54, 1.807) is 0 Å². The monoisotopic (exact) mass is 272 g/mol. The van der Waals surface area contributed by atoms with Crippen LogP contribution in [0.25, 0.3) is 0 Å². The van der Waals surface area contributed by atoms with Crippen LogP contribution < -0.4 is 10.6 Å². The van der Waals surface area contributed by atoms with E-state index in [0.717, 1.165) is 25.2 Å². The van der Waals surface area contributed by atoms with Crippen molar-refractivity contribution in [2.45, 2.75) is 26.8 Å². The number of aryl methyl sites for hydroxylation is 3. The predicted molar refractivity (Wildman–Crippen MR) is 83.8 cm³/mol. The topological polar surface area (TPSA) is 47.1 Å². The van der Waals surface area contributed by atoms with Crippen molar-refractivity contribution < 1.29 is 0 Å². The lowest BCUT2D eigenvalue weighted by atomic mass is 10.1. The van der Waals surface area contributed by atoms with Crippen molar-refractivity contribution in [3.05, 3.63) is 47.3 Å². The zero-order chi connectivity index (χ0) is 14.5. The van der Waals surface area contributed by atoms with Crippen molar-refractivity contribution in [1.82, 2.24) is 9.78 Å². The van der Waals surface area contributed by atoms with Gasteiger partial charge in [0.05, 0.1) is 17.9 Å². The average molecular weight is 272 g/mol. The summed E-state index contributed by atoms with van der Waals surface area (Å²) >= 11 is 0. The quantitative estimate of drug-likeness (QED) is 0.878. The highest BCUT2D eigenvalue weighted by Gasteiger charge is 2.12. The number of hydrogen-bond donors (Lipinski definition) is 1. The van der Waals surface area contributed by atoms with Crippen molar-refractivity contribution in [3.63, 3.8) is 0 Å². The third-order valence-electron chi connectivity index (χ3n) is 3.54. The van der Waals surface area contributed by atoms with E-state index in [-0.39, 0.29) is 0 Å². The number of nitrogens with two attached hydrogens (primary N) is 1. The second-order valence-electron chi connectivity index (χ2n) is 5.25. The number of nitrogens with zero attached hydrogens (tertiary/aromatic N) is 3. The molecule has 20 heavy (non-hydrogen) atoms. The van der Waals surface area contributed by atoms with E-state index in [9.17, 15) is 0 Å². The highest BCUT2D eigenvalue weighted by molar-refractivity contribution is 5.53. The predicted octanol–water partition coefficient (Wildman–Crippen LogP) is 2.39. The summed E-state index contributed by atoms with van der Waals surface area (Å²) in [6.07, 6.45) is 0.991. The molecule has 0 saturated heterocycles. The number of hydrogen-bond acceptors (Lipinski definition) is 3. The Kier molecular flexibility index (Phi) is 4.79. The van der Waals surface area contributed by atoms with Gasteiger partial charge in [-0.1, -0.05) is 18.2 Å². The first-order chi connectivity index (χ1) is 9.61. The fourth-order valence-corrected chi connectivity index (χ4v) is 2.49. The molecule has 0 fully saturated rings. The third kappa shape index (κ3) is 3.39. The maximum atomic E-state index is 5.68. The van der Waals surface area contributed by atoms with E-state index >= 15 is 0 Å². The van der Waals surface area contributed by atoms with E-state index in [2.05, 4.69) is 47.3 Å². The van der Waals surface area contributed by atoms with Crippen molar-refractivity contribution in [2.24, 2.45) is 12.8 Å². The fraction of sp³-hybridized carbons (Fsp3) is 0.438. The van der Waals surface area contributed by atoms with Gasteiger partial charge in [0, 0.05) is 19.3 Å². The van der Waals surface area contributed by atoms with Crippen LogP contribution in [0.4, 0.5) is 5.69 Å². The first-order valence-electron chi connectivity index (χ1n) is 7.12. The van der Waals surface area contributed by atoms with Gasteiger partial charge < -0.3 is 10.6 Å². The Hall–Kier alpha value is -1.81. The van der Waals surface area contributed by atoms with Crippen molar-refractivity contribution >= 4 is 5.69 Å². The second-order valence-corrected chi connectivity index (χ2v) is 5.25. The van der Waals surface area contributed by atoms with Crippen LogP contribution >= 0.6 is 0 Å². The van der Waals surface area contributed by atoms with Crippen LogP contribution in [0.3, 0.4) is 0 Å². The van der Waals surface area contributed by atoms with Crippen molar-refractivity contribution in [2.75, 3.05) is 18.0 Å². The lowest BCUT2D eigenvalue weighted by Crippen LogP contribution is -2.27. The molecule has 0 aliphatic carbocycles. The molecule has 1 aromatic heterocycles. The van der Waals surface area contributed by atoms with E-state index in [1.165, 1.54) is 16.9 Å². The van der Waals surface area contributed by atoms with E-state index in [1.807, 2.05) is 18.7 Å². The fourth-order valence-electron chi connectivity index (χ4n) is 2.49. The van der Waals surface area contributed by atoms with Crippen molar-refractivity contribution in [1.29, 1.82) is 0 Å². The Bertz CT molecular complexity index is 559. The summed E-state index contributed by atoms with van der Waals surface area (Å²) in [5.74, 6) is 0. The molecule has 0 amide bonds. The molecule has 108 valence electrons. The van der Waals surface area contributed by atoms with Gasteiger partial charge in [-0.05, 0) is 44.5 Å². The number of aromatic nitrogens is 2. The SMILES string of the molecule is Cc1cc(CN(CCCN)c2ccccc2C)n(C)n1.